The topological polar surface area (TPSA) is 54.4 Å². The van der Waals surface area contributed by atoms with Crippen molar-refractivity contribution in [3.8, 4) is 0 Å². The van der Waals surface area contributed by atoms with Gasteiger partial charge < -0.3 is 5.98 Å². The van der Waals surface area contributed by atoms with Gasteiger partial charge in [-0.1, -0.05) is 12.1 Å². The molecule has 0 aromatic heterocycles. The number of rotatable bonds is 2. The van der Waals surface area contributed by atoms with Crippen molar-refractivity contribution < 1.29 is 44.5 Å². The summed E-state index contributed by atoms with van der Waals surface area (Å²) in [4.78, 5) is 11.1. The molecule has 0 heterocycles. The Hall–Kier alpha value is -0.000000000000000222. The smallest absolute Gasteiger partial charge is 1.00 e. The summed E-state index contributed by atoms with van der Waals surface area (Å²) in [5.41, 5.74) is 0.546. The molecule has 0 aliphatic rings. The average Bonchev–Trinajstić information content (AvgIpc) is 2.04. The Morgan fingerprint density at radius 2 is 1.85 bits per heavy atom. The standard InChI is InChI=1S/C8H8O3S.Na.H/c1-6(9)7-2-4-8(5-3-7)12(10)11;;/h2-5H,1H3,(H,10,11);;/q;+1;-1. The number of carbonyl (C=O) groups excluding carboxylic acids is 1. The molecule has 1 unspecified atom stereocenters. The maximum absolute atomic E-state index is 10.8. The van der Waals surface area contributed by atoms with Gasteiger partial charge in [-0.05, 0) is 19.1 Å². The molecule has 3 nitrogen and oxygen atoms in total. The second kappa shape index (κ2) is 5.67. The number of hydrogen-bond donors (Lipinski definition) is 1. The predicted octanol–water partition coefficient (Wildman–Crippen LogP) is -1.41. The summed E-state index contributed by atoms with van der Waals surface area (Å²) in [7, 11) is 0. The van der Waals surface area contributed by atoms with Crippen LogP contribution in [-0.4, -0.2) is 14.5 Å². The van der Waals surface area contributed by atoms with Gasteiger partial charge in [0.15, 0.2) is 16.9 Å². The number of ketones is 1. The monoisotopic (exact) mass is 208 g/mol. The molecule has 0 bridgehead atoms. The van der Waals surface area contributed by atoms with Crippen LogP contribution in [0.4, 0.5) is 0 Å². The van der Waals surface area contributed by atoms with Gasteiger partial charge in [0.2, 0.25) is 0 Å². The van der Waals surface area contributed by atoms with E-state index in [9.17, 15) is 9.00 Å². The Morgan fingerprint density at radius 3 is 2.15 bits per heavy atom. The van der Waals surface area contributed by atoms with Crippen LogP contribution in [0.3, 0.4) is 0 Å². The van der Waals surface area contributed by atoms with Crippen LogP contribution in [0.5, 0.6) is 0 Å². The van der Waals surface area contributed by atoms with E-state index >= 15 is 0 Å². The minimum absolute atomic E-state index is 0. The maximum Gasteiger partial charge on any atom is 1.00 e. The van der Waals surface area contributed by atoms with Gasteiger partial charge in [-0.3, -0.25) is 4.79 Å². The van der Waals surface area contributed by atoms with Crippen LogP contribution in [0.1, 0.15) is 18.7 Å². The van der Waals surface area contributed by atoms with E-state index in [0.717, 1.165) is 0 Å². The molecular formula is C8H9NaO3S. The normalized spacial score (nSPS) is 11.5. The Kier molecular flexibility index (Phi) is 5.67. The largest absolute Gasteiger partial charge is 1.00 e. The molecular weight excluding hydrogens is 199 g/mol. The van der Waals surface area contributed by atoms with Gasteiger partial charge in [0.1, 0.15) is 0 Å². The quantitative estimate of drug-likeness (QED) is 0.369. The van der Waals surface area contributed by atoms with E-state index in [1.807, 2.05) is 0 Å². The van der Waals surface area contributed by atoms with Crippen molar-refractivity contribution in [3.63, 3.8) is 0 Å². The molecule has 1 aromatic carbocycles. The first kappa shape index (κ1) is 13.0. The van der Waals surface area contributed by atoms with Gasteiger partial charge in [-0.25, -0.2) is 4.21 Å². The molecule has 1 aromatic rings. The van der Waals surface area contributed by atoms with E-state index in [1.165, 1.54) is 31.2 Å². The Labute approximate surface area is 103 Å². The Morgan fingerprint density at radius 1 is 1.38 bits per heavy atom. The molecule has 0 aliphatic carbocycles. The summed E-state index contributed by atoms with van der Waals surface area (Å²) in [6.07, 6.45) is 0. The minimum Gasteiger partial charge on any atom is -1.00 e. The van der Waals surface area contributed by atoms with Gasteiger partial charge in [0.05, 0.1) is 4.90 Å². The fourth-order valence-electron chi connectivity index (χ4n) is 0.806. The molecule has 66 valence electrons. The zero-order valence-corrected chi connectivity index (χ0v) is 10.3. The summed E-state index contributed by atoms with van der Waals surface area (Å²) in [6.45, 7) is 1.45. The predicted molar refractivity (Wildman–Crippen MR) is 46.6 cm³/mol. The van der Waals surface area contributed by atoms with Crippen molar-refractivity contribution in [1.29, 1.82) is 0 Å². The molecule has 0 saturated carbocycles. The van der Waals surface area contributed by atoms with Crippen molar-refractivity contribution in [2.24, 2.45) is 0 Å². The molecule has 1 rings (SSSR count). The molecule has 1 atom stereocenters. The van der Waals surface area contributed by atoms with E-state index in [4.69, 9.17) is 4.55 Å². The number of Topliss-reactive ketones (excluding diaryl/α,β-unsaturated/α-hetero) is 1. The van der Waals surface area contributed by atoms with Crippen LogP contribution in [-0.2, 0) is 11.1 Å². The summed E-state index contributed by atoms with van der Waals surface area (Å²) in [5, 5.41) is 0. The SMILES string of the molecule is CC(=O)c1ccc(S(=O)O)cc1.[H-].[Na+]. The maximum atomic E-state index is 10.8. The van der Waals surface area contributed by atoms with Gasteiger partial charge in [0.25, 0.3) is 0 Å². The molecule has 5 heteroatoms. The van der Waals surface area contributed by atoms with E-state index in [0.29, 0.717) is 10.5 Å². The Bertz CT molecular complexity index is 293. The summed E-state index contributed by atoms with van der Waals surface area (Å²) >= 11 is -1.96. The molecule has 0 amide bonds. The number of benzene rings is 1. The number of carbonyl (C=O) groups is 1. The van der Waals surface area contributed by atoms with Crippen molar-refractivity contribution >= 4 is 16.9 Å². The van der Waals surface area contributed by atoms with Crippen LogP contribution < -0.4 is 29.6 Å². The van der Waals surface area contributed by atoms with Crippen LogP contribution >= 0.6 is 0 Å². The van der Waals surface area contributed by atoms with Gasteiger partial charge in [-0.2, -0.15) is 0 Å². The zero-order valence-electron chi connectivity index (χ0n) is 8.48. The van der Waals surface area contributed by atoms with Gasteiger partial charge in [-0.15, -0.1) is 0 Å². The first-order valence-corrected chi connectivity index (χ1v) is 4.44. The van der Waals surface area contributed by atoms with Gasteiger partial charge >= 0.3 is 29.6 Å². The zero-order chi connectivity index (χ0) is 9.14. The van der Waals surface area contributed by atoms with Crippen molar-refractivity contribution in [3.05, 3.63) is 29.8 Å². The second-order valence-electron chi connectivity index (χ2n) is 2.33. The third kappa shape index (κ3) is 3.70. The Balaban J connectivity index is 0. The van der Waals surface area contributed by atoms with E-state index in [2.05, 4.69) is 0 Å². The molecule has 1 N–H and O–H groups in total. The summed E-state index contributed by atoms with van der Waals surface area (Å²) in [5.74, 6) is -0.0507. The van der Waals surface area contributed by atoms with Crippen LogP contribution in [0.2, 0.25) is 0 Å². The van der Waals surface area contributed by atoms with E-state index in [1.54, 1.807) is 0 Å². The minimum atomic E-state index is -1.96. The third-order valence-corrected chi connectivity index (χ3v) is 2.14. The summed E-state index contributed by atoms with van der Waals surface area (Å²) < 4.78 is 19.1. The fraction of sp³-hybridized carbons (Fsp3) is 0.125. The average molecular weight is 208 g/mol. The van der Waals surface area contributed by atoms with Crippen LogP contribution in [0.25, 0.3) is 0 Å². The van der Waals surface area contributed by atoms with Crippen molar-refractivity contribution in [1.82, 2.24) is 0 Å². The first-order valence-electron chi connectivity index (χ1n) is 3.33. The molecule has 0 radical (unpaired) electrons. The third-order valence-electron chi connectivity index (χ3n) is 1.46. The summed E-state index contributed by atoms with van der Waals surface area (Å²) in [6, 6.07) is 6.00. The molecule has 0 saturated heterocycles. The number of hydrogen-bond acceptors (Lipinski definition) is 2. The van der Waals surface area contributed by atoms with E-state index < -0.39 is 11.1 Å². The fourth-order valence-corrected chi connectivity index (χ4v) is 1.17. The van der Waals surface area contributed by atoms with Crippen molar-refractivity contribution in [2.75, 3.05) is 0 Å². The molecule has 0 spiro atoms. The molecule has 0 aliphatic heterocycles. The molecule has 0 fully saturated rings. The van der Waals surface area contributed by atoms with E-state index in [-0.39, 0.29) is 36.8 Å². The van der Waals surface area contributed by atoms with Crippen LogP contribution in [0.15, 0.2) is 29.2 Å². The van der Waals surface area contributed by atoms with Crippen molar-refractivity contribution in [2.45, 2.75) is 11.8 Å². The van der Waals surface area contributed by atoms with Crippen LogP contribution in [0, 0.1) is 0 Å². The second-order valence-corrected chi connectivity index (χ2v) is 3.30. The first-order chi connectivity index (χ1) is 5.61. The van der Waals surface area contributed by atoms with Gasteiger partial charge in [0, 0.05) is 5.56 Å². The molecule has 13 heavy (non-hydrogen) atoms.